The fraction of sp³-hybridized carbons (Fsp3) is 0.500. The molecule has 0 spiro atoms. The molecule has 22 heavy (non-hydrogen) atoms. The van der Waals surface area contributed by atoms with E-state index >= 15 is 0 Å². The van der Waals surface area contributed by atoms with Crippen LogP contribution in [0, 0.1) is 28.8 Å². The van der Waals surface area contributed by atoms with Gasteiger partial charge in [0.25, 0.3) is 11.6 Å². The third kappa shape index (κ3) is 3.72. The quantitative estimate of drug-likeness (QED) is 0.653. The number of nitrogens with one attached hydrogen (secondary N) is 1. The third-order valence-corrected chi connectivity index (χ3v) is 3.97. The van der Waals surface area contributed by atoms with Gasteiger partial charge in [0.2, 0.25) is 0 Å². The number of amides is 1. The summed E-state index contributed by atoms with van der Waals surface area (Å²) in [7, 11) is 0. The van der Waals surface area contributed by atoms with Crippen LogP contribution in [-0.2, 0) is 0 Å². The summed E-state index contributed by atoms with van der Waals surface area (Å²) in [5, 5.41) is 13.9. The van der Waals surface area contributed by atoms with E-state index in [1.165, 1.54) is 6.92 Å². The maximum absolute atomic E-state index is 13.5. The molecule has 0 heterocycles. The zero-order valence-electron chi connectivity index (χ0n) is 12.2. The Labute approximate surface area is 133 Å². The number of carbonyl (C=O) groups is 1. The van der Waals surface area contributed by atoms with E-state index in [1.807, 2.05) is 0 Å². The van der Waals surface area contributed by atoms with Gasteiger partial charge in [-0.05, 0) is 44.4 Å². The molecule has 122 valence electrons. The Balaban J connectivity index is 0.00000242. The number of benzene rings is 1. The first-order valence-electron chi connectivity index (χ1n) is 6.89. The van der Waals surface area contributed by atoms with Crippen LogP contribution in [0.15, 0.2) is 12.1 Å². The summed E-state index contributed by atoms with van der Waals surface area (Å²) in [5.41, 5.74) is 5.19. The summed E-state index contributed by atoms with van der Waals surface area (Å²) < 4.78 is 13.5. The lowest BCUT2D eigenvalue weighted by Crippen LogP contribution is -2.40. The monoisotopic (exact) mass is 331 g/mol. The van der Waals surface area contributed by atoms with Crippen LogP contribution in [0.1, 0.15) is 35.2 Å². The lowest BCUT2D eigenvalue weighted by molar-refractivity contribution is -0.385. The molecule has 0 aromatic heterocycles. The Bertz CT molecular complexity index is 583. The number of nitro benzene ring substituents is 1. The van der Waals surface area contributed by atoms with Crippen LogP contribution >= 0.6 is 12.4 Å². The highest BCUT2D eigenvalue weighted by molar-refractivity contribution is 5.98. The van der Waals surface area contributed by atoms with Crippen molar-refractivity contribution in [2.24, 2.45) is 11.7 Å². The fourth-order valence-corrected chi connectivity index (χ4v) is 2.91. The molecule has 0 radical (unpaired) electrons. The third-order valence-electron chi connectivity index (χ3n) is 3.97. The van der Waals surface area contributed by atoms with Gasteiger partial charge in [-0.2, -0.15) is 0 Å². The Morgan fingerprint density at radius 1 is 1.50 bits per heavy atom. The van der Waals surface area contributed by atoms with Gasteiger partial charge in [0.15, 0.2) is 0 Å². The standard InChI is InChI=1S/C14H18FN3O3.ClH/c1-8-5-10(15)6-11(13(8)18(20)21)14(19)17-12-4-2-3-9(12)7-16;/h5-6,9,12H,2-4,7,16H2,1H3,(H,17,19);1H. The van der Waals surface area contributed by atoms with Crippen LogP contribution < -0.4 is 11.1 Å². The van der Waals surface area contributed by atoms with Gasteiger partial charge in [0.05, 0.1) is 4.92 Å². The average molecular weight is 332 g/mol. The second-order valence-electron chi connectivity index (χ2n) is 5.38. The molecule has 1 fully saturated rings. The van der Waals surface area contributed by atoms with Crippen molar-refractivity contribution in [1.82, 2.24) is 5.32 Å². The van der Waals surface area contributed by atoms with Gasteiger partial charge in [0.1, 0.15) is 11.4 Å². The van der Waals surface area contributed by atoms with Crippen LogP contribution in [0.3, 0.4) is 0 Å². The van der Waals surface area contributed by atoms with E-state index in [4.69, 9.17) is 5.73 Å². The maximum atomic E-state index is 13.5. The molecular formula is C14H19ClFN3O3. The first-order chi connectivity index (χ1) is 9.93. The van der Waals surface area contributed by atoms with E-state index in [0.717, 1.165) is 31.4 Å². The topological polar surface area (TPSA) is 98.3 Å². The average Bonchev–Trinajstić information content (AvgIpc) is 2.84. The number of carbonyl (C=O) groups excluding carboxylic acids is 1. The van der Waals surface area contributed by atoms with Crippen molar-refractivity contribution in [1.29, 1.82) is 0 Å². The van der Waals surface area contributed by atoms with Crippen molar-refractivity contribution in [3.8, 4) is 0 Å². The number of nitrogens with zero attached hydrogens (tertiary/aromatic N) is 1. The van der Waals surface area contributed by atoms with Crippen LogP contribution in [0.2, 0.25) is 0 Å². The molecule has 1 aliphatic rings. The predicted octanol–water partition coefficient (Wildman–Crippen LogP) is 2.32. The molecule has 8 heteroatoms. The van der Waals surface area contributed by atoms with Crippen molar-refractivity contribution < 1.29 is 14.1 Å². The highest BCUT2D eigenvalue weighted by Crippen LogP contribution is 2.28. The largest absolute Gasteiger partial charge is 0.349 e. The van der Waals surface area contributed by atoms with Crippen molar-refractivity contribution >= 4 is 24.0 Å². The number of hydrogen-bond donors (Lipinski definition) is 2. The highest BCUT2D eigenvalue weighted by Gasteiger charge is 2.30. The van der Waals surface area contributed by atoms with E-state index in [9.17, 15) is 19.3 Å². The molecule has 0 bridgehead atoms. The fourth-order valence-electron chi connectivity index (χ4n) is 2.91. The predicted molar refractivity (Wildman–Crippen MR) is 82.7 cm³/mol. The van der Waals surface area contributed by atoms with Crippen LogP contribution in [0.25, 0.3) is 0 Å². The Hall–Kier alpha value is -1.73. The molecule has 6 nitrogen and oxygen atoms in total. The molecule has 1 aromatic carbocycles. The Morgan fingerprint density at radius 3 is 2.77 bits per heavy atom. The van der Waals surface area contributed by atoms with Gasteiger partial charge in [-0.1, -0.05) is 6.42 Å². The minimum Gasteiger partial charge on any atom is -0.349 e. The molecule has 0 saturated heterocycles. The second-order valence-corrected chi connectivity index (χ2v) is 5.38. The van der Waals surface area contributed by atoms with Crippen molar-refractivity contribution in [2.45, 2.75) is 32.2 Å². The molecule has 1 aromatic rings. The van der Waals surface area contributed by atoms with Gasteiger partial charge >= 0.3 is 0 Å². The van der Waals surface area contributed by atoms with E-state index in [0.29, 0.717) is 6.54 Å². The zero-order chi connectivity index (χ0) is 15.6. The van der Waals surface area contributed by atoms with Gasteiger partial charge < -0.3 is 11.1 Å². The molecule has 3 N–H and O–H groups in total. The molecule has 2 atom stereocenters. The van der Waals surface area contributed by atoms with E-state index in [1.54, 1.807) is 0 Å². The molecule has 1 aliphatic carbocycles. The number of halogens is 2. The summed E-state index contributed by atoms with van der Waals surface area (Å²) in [6, 6.07) is 1.85. The molecule has 1 amide bonds. The minimum atomic E-state index is -0.662. The van der Waals surface area contributed by atoms with Crippen LogP contribution in [0.5, 0.6) is 0 Å². The summed E-state index contributed by atoms with van der Waals surface area (Å²) in [5.74, 6) is -1.11. The molecule has 1 saturated carbocycles. The lowest BCUT2D eigenvalue weighted by Gasteiger charge is -2.19. The highest BCUT2D eigenvalue weighted by atomic mass is 35.5. The van der Waals surface area contributed by atoms with Crippen molar-refractivity contribution in [3.05, 3.63) is 39.2 Å². The molecule has 2 unspecified atom stereocenters. The Kier molecular flexibility index (Phi) is 6.25. The Morgan fingerprint density at radius 2 is 2.18 bits per heavy atom. The minimum absolute atomic E-state index is 0. The summed E-state index contributed by atoms with van der Waals surface area (Å²) in [4.78, 5) is 22.7. The number of aryl methyl sites for hydroxylation is 1. The first kappa shape index (κ1) is 18.3. The molecular weight excluding hydrogens is 313 g/mol. The summed E-state index contributed by atoms with van der Waals surface area (Å²) >= 11 is 0. The normalized spacial score (nSPS) is 20.3. The lowest BCUT2D eigenvalue weighted by atomic mass is 10.0. The second kappa shape index (κ2) is 7.51. The number of rotatable bonds is 4. The SMILES string of the molecule is Cc1cc(F)cc(C(=O)NC2CCCC2CN)c1[N+](=O)[O-].Cl. The number of hydrogen-bond acceptors (Lipinski definition) is 4. The van der Waals surface area contributed by atoms with Gasteiger partial charge in [-0.15, -0.1) is 12.4 Å². The van der Waals surface area contributed by atoms with Gasteiger partial charge in [-0.25, -0.2) is 4.39 Å². The van der Waals surface area contributed by atoms with E-state index < -0.39 is 16.6 Å². The summed E-state index contributed by atoms with van der Waals surface area (Å²) in [6.45, 7) is 1.87. The maximum Gasteiger partial charge on any atom is 0.285 e. The van der Waals surface area contributed by atoms with Crippen molar-refractivity contribution in [2.75, 3.05) is 6.54 Å². The number of nitro groups is 1. The van der Waals surface area contributed by atoms with Crippen molar-refractivity contribution in [3.63, 3.8) is 0 Å². The van der Waals surface area contributed by atoms with E-state index in [2.05, 4.69) is 5.32 Å². The first-order valence-corrected chi connectivity index (χ1v) is 6.89. The smallest absolute Gasteiger partial charge is 0.285 e. The summed E-state index contributed by atoms with van der Waals surface area (Å²) in [6.07, 6.45) is 2.67. The molecule has 2 rings (SSSR count). The molecule has 0 aliphatic heterocycles. The van der Waals surface area contributed by atoms with Gasteiger partial charge in [-0.3, -0.25) is 14.9 Å². The van der Waals surface area contributed by atoms with Gasteiger partial charge in [0, 0.05) is 11.6 Å². The van der Waals surface area contributed by atoms with E-state index in [-0.39, 0.29) is 41.2 Å². The van der Waals surface area contributed by atoms with Crippen LogP contribution in [0.4, 0.5) is 10.1 Å². The zero-order valence-corrected chi connectivity index (χ0v) is 13.0. The van der Waals surface area contributed by atoms with Crippen LogP contribution in [-0.4, -0.2) is 23.4 Å². The number of nitrogens with two attached hydrogens (primary N) is 1.